The van der Waals surface area contributed by atoms with Crippen LogP contribution in [-0.2, 0) is 6.54 Å². The number of ketones is 1. The molecule has 0 bridgehead atoms. The number of hydrogen-bond donors (Lipinski definition) is 1. The number of hydrogen-bond acceptors (Lipinski definition) is 5. The van der Waals surface area contributed by atoms with Gasteiger partial charge >= 0.3 is 0 Å². The minimum absolute atomic E-state index is 0.00442. The van der Waals surface area contributed by atoms with Gasteiger partial charge in [-0.05, 0) is 74.2 Å². The van der Waals surface area contributed by atoms with Gasteiger partial charge in [-0.2, -0.15) is 0 Å². The van der Waals surface area contributed by atoms with Crippen LogP contribution in [-0.4, -0.2) is 49.2 Å². The van der Waals surface area contributed by atoms with Crippen molar-refractivity contribution in [3.8, 4) is 11.5 Å². The van der Waals surface area contributed by atoms with Gasteiger partial charge in [-0.15, -0.1) is 0 Å². The van der Waals surface area contributed by atoms with Gasteiger partial charge in [-0.3, -0.25) is 9.69 Å². The summed E-state index contributed by atoms with van der Waals surface area (Å²) >= 11 is 0. The lowest BCUT2D eigenvalue weighted by molar-refractivity contribution is 0.0811. The summed E-state index contributed by atoms with van der Waals surface area (Å²) in [5, 5.41) is 8.92. The predicted octanol–water partition coefficient (Wildman–Crippen LogP) is 3.78. The van der Waals surface area contributed by atoms with Crippen molar-refractivity contribution in [3.05, 3.63) is 58.7 Å². The third kappa shape index (κ3) is 5.37. The number of ether oxygens (including phenoxy) is 2. The predicted molar refractivity (Wildman–Crippen MR) is 114 cm³/mol. The second kappa shape index (κ2) is 9.90. The van der Waals surface area contributed by atoms with Crippen LogP contribution in [0.1, 0.15) is 39.9 Å². The third-order valence-corrected chi connectivity index (χ3v) is 5.49. The zero-order valence-corrected chi connectivity index (χ0v) is 17.6. The number of rotatable bonds is 8. The zero-order chi connectivity index (χ0) is 20.8. The van der Waals surface area contributed by atoms with Gasteiger partial charge in [0.1, 0.15) is 18.1 Å². The van der Waals surface area contributed by atoms with E-state index in [2.05, 4.69) is 11.0 Å². The Balaban J connectivity index is 1.67. The molecule has 2 aromatic carbocycles. The Kier molecular flexibility index (Phi) is 7.29. The van der Waals surface area contributed by atoms with E-state index in [1.165, 1.54) is 0 Å². The molecule has 2 aromatic rings. The van der Waals surface area contributed by atoms with Crippen LogP contribution in [0, 0.1) is 19.8 Å². The van der Waals surface area contributed by atoms with Crippen molar-refractivity contribution in [2.45, 2.75) is 33.2 Å². The van der Waals surface area contributed by atoms with Crippen molar-refractivity contribution < 1.29 is 19.4 Å². The molecule has 0 aliphatic carbocycles. The average Bonchev–Trinajstić information content (AvgIpc) is 2.72. The van der Waals surface area contributed by atoms with Crippen molar-refractivity contribution in [2.75, 3.05) is 33.4 Å². The van der Waals surface area contributed by atoms with E-state index in [0.29, 0.717) is 6.61 Å². The van der Waals surface area contributed by atoms with Crippen LogP contribution in [0.4, 0.5) is 0 Å². The number of aryl methyl sites for hydroxylation is 2. The maximum absolute atomic E-state index is 13.2. The molecule has 0 saturated carbocycles. The normalized spacial score (nSPS) is 17.2. The van der Waals surface area contributed by atoms with Crippen LogP contribution in [0.25, 0.3) is 0 Å². The summed E-state index contributed by atoms with van der Waals surface area (Å²) in [4.78, 5) is 15.5. The number of piperidine rings is 1. The molecular weight excluding hydrogens is 366 g/mol. The smallest absolute Gasteiger partial charge is 0.167 e. The molecule has 1 aliphatic rings. The Morgan fingerprint density at radius 2 is 1.97 bits per heavy atom. The van der Waals surface area contributed by atoms with Crippen LogP contribution in [0.3, 0.4) is 0 Å². The highest BCUT2D eigenvalue weighted by atomic mass is 16.5. The Labute approximate surface area is 173 Å². The minimum Gasteiger partial charge on any atom is -0.496 e. The topological polar surface area (TPSA) is 59.0 Å². The first-order valence-electron chi connectivity index (χ1n) is 10.3. The summed E-state index contributed by atoms with van der Waals surface area (Å²) in [7, 11) is 1.67. The van der Waals surface area contributed by atoms with Gasteiger partial charge < -0.3 is 14.6 Å². The summed E-state index contributed by atoms with van der Waals surface area (Å²) in [6, 6.07) is 11.9. The summed E-state index contributed by atoms with van der Waals surface area (Å²) in [6.45, 7) is 6.83. The first-order chi connectivity index (χ1) is 14.0. The van der Waals surface area contributed by atoms with Gasteiger partial charge in [0.2, 0.25) is 0 Å². The van der Waals surface area contributed by atoms with Crippen LogP contribution >= 0.6 is 0 Å². The largest absolute Gasteiger partial charge is 0.496 e. The number of Topliss-reactive ketones (excluding diaryl/α,β-unsaturated/α-hetero) is 1. The Bertz CT molecular complexity index is 826. The van der Waals surface area contributed by atoms with Gasteiger partial charge in [0.05, 0.1) is 13.7 Å². The number of carbonyl (C=O) groups is 1. The summed E-state index contributed by atoms with van der Waals surface area (Å²) in [5.74, 6) is 1.87. The van der Waals surface area contributed by atoms with Gasteiger partial charge in [0.25, 0.3) is 0 Å². The maximum atomic E-state index is 13.2. The molecule has 0 radical (unpaired) electrons. The molecule has 1 saturated heterocycles. The minimum atomic E-state index is 0.00442. The highest BCUT2D eigenvalue weighted by molar-refractivity contribution is 5.98. The summed E-state index contributed by atoms with van der Waals surface area (Å²) in [5.41, 5.74) is 3.95. The fourth-order valence-electron chi connectivity index (χ4n) is 4.22. The zero-order valence-electron chi connectivity index (χ0n) is 17.6. The molecule has 1 fully saturated rings. The standard InChI is InChI=1S/C24H31NO4/c1-17-12-21(13-18(2)24(17)28-3)23(27)20-7-5-9-25(16-20)15-19-6-4-8-22(14-19)29-11-10-26/h4,6,8,12-14,20,26H,5,7,9-11,15-16H2,1-3H3/t20-/m1/s1. The molecule has 3 rings (SSSR count). The molecule has 5 heteroatoms. The first kappa shape index (κ1) is 21.3. The number of likely N-dealkylation sites (tertiary alicyclic amines) is 1. The molecule has 0 spiro atoms. The van der Waals surface area contributed by atoms with Gasteiger partial charge in [0.15, 0.2) is 5.78 Å². The third-order valence-electron chi connectivity index (χ3n) is 5.49. The van der Waals surface area contributed by atoms with E-state index in [1.807, 2.05) is 44.2 Å². The molecule has 29 heavy (non-hydrogen) atoms. The fraction of sp³-hybridized carbons (Fsp3) is 0.458. The molecule has 1 aliphatic heterocycles. The van der Waals surface area contributed by atoms with Gasteiger partial charge in [-0.1, -0.05) is 12.1 Å². The lowest BCUT2D eigenvalue weighted by Gasteiger charge is -2.32. The van der Waals surface area contributed by atoms with Crippen LogP contribution < -0.4 is 9.47 Å². The number of aliphatic hydroxyl groups excluding tert-OH is 1. The molecule has 156 valence electrons. The van der Waals surface area contributed by atoms with E-state index < -0.39 is 0 Å². The SMILES string of the molecule is COc1c(C)cc(C(=O)[C@@H]2CCCN(Cc3cccc(OCCO)c3)C2)cc1C. The van der Waals surface area contributed by atoms with E-state index in [-0.39, 0.29) is 18.3 Å². The monoisotopic (exact) mass is 397 g/mol. The number of aliphatic hydroxyl groups is 1. The average molecular weight is 398 g/mol. The Hall–Kier alpha value is -2.37. The molecule has 1 atom stereocenters. The highest BCUT2D eigenvalue weighted by Crippen LogP contribution is 2.28. The maximum Gasteiger partial charge on any atom is 0.167 e. The molecule has 5 nitrogen and oxygen atoms in total. The summed E-state index contributed by atoms with van der Waals surface area (Å²) in [6.07, 6.45) is 1.95. The lowest BCUT2D eigenvalue weighted by atomic mass is 9.88. The highest BCUT2D eigenvalue weighted by Gasteiger charge is 2.27. The van der Waals surface area contributed by atoms with E-state index in [0.717, 1.165) is 66.2 Å². The van der Waals surface area contributed by atoms with Crippen molar-refractivity contribution in [1.29, 1.82) is 0 Å². The lowest BCUT2D eigenvalue weighted by Crippen LogP contribution is -2.38. The van der Waals surface area contributed by atoms with Crippen molar-refractivity contribution >= 4 is 5.78 Å². The van der Waals surface area contributed by atoms with Crippen molar-refractivity contribution in [2.24, 2.45) is 5.92 Å². The molecule has 1 heterocycles. The molecular formula is C24H31NO4. The first-order valence-corrected chi connectivity index (χ1v) is 10.3. The Morgan fingerprint density at radius 3 is 2.66 bits per heavy atom. The van der Waals surface area contributed by atoms with Crippen LogP contribution in [0.15, 0.2) is 36.4 Å². The second-order valence-electron chi connectivity index (χ2n) is 7.80. The number of nitrogens with zero attached hydrogens (tertiary/aromatic N) is 1. The number of carbonyl (C=O) groups excluding carboxylic acids is 1. The fourth-order valence-corrected chi connectivity index (χ4v) is 4.22. The van der Waals surface area contributed by atoms with Crippen LogP contribution in [0.2, 0.25) is 0 Å². The second-order valence-corrected chi connectivity index (χ2v) is 7.80. The van der Waals surface area contributed by atoms with E-state index in [4.69, 9.17) is 14.6 Å². The summed E-state index contributed by atoms with van der Waals surface area (Å²) < 4.78 is 10.9. The molecule has 1 N–H and O–H groups in total. The Morgan fingerprint density at radius 1 is 1.21 bits per heavy atom. The van der Waals surface area contributed by atoms with Crippen molar-refractivity contribution in [3.63, 3.8) is 0 Å². The van der Waals surface area contributed by atoms with Crippen LogP contribution in [0.5, 0.6) is 11.5 Å². The van der Waals surface area contributed by atoms with Gasteiger partial charge in [0, 0.05) is 24.6 Å². The van der Waals surface area contributed by atoms with Crippen molar-refractivity contribution in [1.82, 2.24) is 4.90 Å². The molecule has 0 amide bonds. The molecule has 0 aromatic heterocycles. The molecule has 0 unspecified atom stereocenters. The van der Waals surface area contributed by atoms with E-state index in [1.54, 1.807) is 7.11 Å². The number of benzene rings is 2. The number of methoxy groups -OCH3 is 1. The van der Waals surface area contributed by atoms with E-state index in [9.17, 15) is 4.79 Å². The van der Waals surface area contributed by atoms with Gasteiger partial charge in [-0.25, -0.2) is 0 Å². The van der Waals surface area contributed by atoms with E-state index >= 15 is 0 Å². The quantitative estimate of drug-likeness (QED) is 0.687.